The fraction of sp³-hybridized carbons (Fsp3) is 0.800. The zero-order valence-electron chi connectivity index (χ0n) is 9.14. The van der Waals surface area contributed by atoms with Crippen LogP contribution in [-0.4, -0.2) is 37.5 Å². The zero-order valence-corrected chi connectivity index (χ0v) is 9.14. The molecule has 1 aliphatic carbocycles. The molecule has 0 radical (unpaired) electrons. The summed E-state index contributed by atoms with van der Waals surface area (Å²) in [6, 6.07) is 0.358. The van der Waals surface area contributed by atoms with E-state index in [4.69, 9.17) is 0 Å². The summed E-state index contributed by atoms with van der Waals surface area (Å²) in [7, 11) is 0. The van der Waals surface area contributed by atoms with Gasteiger partial charge in [-0.3, -0.25) is 9.59 Å². The Hall–Kier alpha value is -1.10. The fourth-order valence-electron chi connectivity index (χ4n) is 1.15. The van der Waals surface area contributed by atoms with Gasteiger partial charge in [0.15, 0.2) is 0 Å². The third-order valence-corrected chi connectivity index (χ3v) is 2.17. The highest BCUT2D eigenvalue weighted by molar-refractivity contribution is 5.84. The van der Waals surface area contributed by atoms with Gasteiger partial charge in [0.05, 0.1) is 6.54 Å². The monoisotopic (exact) mass is 213 g/mol. The summed E-state index contributed by atoms with van der Waals surface area (Å²) in [5.74, 6) is -0.170. The molecular formula is C10H19N3O2. The summed E-state index contributed by atoms with van der Waals surface area (Å²) in [5, 5.41) is 8.44. The molecule has 5 heteroatoms. The highest BCUT2D eigenvalue weighted by Gasteiger charge is 2.22. The van der Waals surface area contributed by atoms with Crippen LogP contribution < -0.4 is 16.0 Å². The molecule has 1 rings (SSSR count). The van der Waals surface area contributed by atoms with Crippen LogP contribution >= 0.6 is 0 Å². The molecule has 0 heterocycles. The number of carbonyl (C=O) groups excluding carboxylic acids is 2. The molecule has 0 aromatic carbocycles. The largest absolute Gasteiger partial charge is 0.352 e. The van der Waals surface area contributed by atoms with Crippen LogP contribution in [0.15, 0.2) is 0 Å². The SMILES string of the molecule is CCNCCC(=O)NCC(=O)NC1CC1. The van der Waals surface area contributed by atoms with Crippen molar-refractivity contribution in [2.45, 2.75) is 32.2 Å². The third-order valence-electron chi connectivity index (χ3n) is 2.17. The van der Waals surface area contributed by atoms with Crippen LogP contribution in [0.5, 0.6) is 0 Å². The topological polar surface area (TPSA) is 70.2 Å². The molecule has 0 aliphatic heterocycles. The first-order chi connectivity index (χ1) is 7.22. The summed E-state index contributed by atoms with van der Waals surface area (Å²) in [6.07, 6.45) is 2.56. The van der Waals surface area contributed by atoms with Gasteiger partial charge in [0, 0.05) is 19.0 Å². The van der Waals surface area contributed by atoms with E-state index in [0.29, 0.717) is 19.0 Å². The van der Waals surface area contributed by atoms with Gasteiger partial charge in [0.2, 0.25) is 11.8 Å². The molecule has 86 valence electrons. The normalized spacial score (nSPS) is 14.7. The average Bonchev–Trinajstić information content (AvgIpc) is 2.99. The van der Waals surface area contributed by atoms with Crippen molar-refractivity contribution < 1.29 is 9.59 Å². The molecule has 0 bridgehead atoms. The van der Waals surface area contributed by atoms with Crippen LogP contribution in [0.3, 0.4) is 0 Å². The molecule has 0 saturated heterocycles. The van der Waals surface area contributed by atoms with Gasteiger partial charge < -0.3 is 16.0 Å². The van der Waals surface area contributed by atoms with E-state index in [0.717, 1.165) is 19.4 Å². The van der Waals surface area contributed by atoms with Crippen LogP contribution in [0.4, 0.5) is 0 Å². The Kier molecular flexibility index (Phi) is 5.10. The van der Waals surface area contributed by atoms with E-state index in [2.05, 4.69) is 16.0 Å². The first-order valence-corrected chi connectivity index (χ1v) is 5.49. The quantitative estimate of drug-likeness (QED) is 0.494. The Morgan fingerprint density at radius 1 is 1.27 bits per heavy atom. The summed E-state index contributed by atoms with van der Waals surface area (Å²) in [4.78, 5) is 22.4. The van der Waals surface area contributed by atoms with Crippen LogP contribution in [0.2, 0.25) is 0 Å². The lowest BCUT2D eigenvalue weighted by molar-refractivity contribution is -0.126. The van der Waals surface area contributed by atoms with Gasteiger partial charge >= 0.3 is 0 Å². The van der Waals surface area contributed by atoms with Crippen molar-refractivity contribution in [3.05, 3.63) is 0 Å². The molecule has 0 aromatic rings. The van der Waals surface area contributed by atoms with Crippen molar-refractivity contribution in [1.29, 1.82) is 0 Å². The predicted octanol–water partition coefficient (Wildman–Crippen LogP) is -0.619. The standard InChI is InChI=1S/C10H19N3O2/c1-2-11-6-5-9(14)12-7-10(15)13-8-3-4-8/h8,11H,2-7H2,1H3,(H,12,14)(H,13,15). The van der Waals surface area contributed by atoms with Crippen molar-refractivity contribution in [2.75, 3.05) is 19.6 Å². The molecule has 3 N–H and O–H groups in total. The van der Waals surface area contributed by atoms with Gasteiger partial charge in [-0.05, 0) is 19.4 Å². The van der Waals surface area contributed by atoms with Crippen LogP contribution in [0.25, 0.3) is 0 Å². The molecule has 1 saturated carbocycles. The molecule has 0 spiro atoms. The van der Waals surface area contributed by atoms with Crippen molar-refractivity contribution in [1.82, 2.24) is 16.0 Å². The number of carbonyl (C=O) groups is 2. The third kappa shape index (κ3) is 6.06. The Morgan fingerprint density at radius 2 is 2.00 bits per heavy atom. The molecule has 2 amide bonds. The Morgan fingerprint density at radius 3 is 2.60 bits per heavy atom. The van der Waals surface area contributed by atoms with E-state index in [1.54, 1.807) is 0 Å². The smallest absolute Gasteiger partial charge is 0.239 e. The molecule has 5 nitrogen and oxygen atoms in total. The number of rotatable bonds is 7. The highest BCUT2D eigenvalue weighted by Crippen LogP contribution is 2.18. The minimum atomic E-state index is -0.0886. The molecule has 1 fully saturated rings. The van der Waals surface area contributed by atoms with Crippen molar-refractivity contribution in [3.8, 4) is 0 Å². The maximum atomic E-state index is 11.2. The second kappa shape index (κ2) is 6.40. The number of hydrogen-bond donors (Lipinski definition) is 3. The van der Waals surface area contributed by atoms with Gasteiger partial charge in [-0.15, -0.1) is 0 Å². The molecule has 0 atom stereocenters. The summed E-state index contributed by atoms with van der Waals surface area (Å²) in [5.41, 5.74) is 0. The van der Waals surface area contributed by atoms with E-state index in [-0.39, 0.29) is 18.4 Å². The molecule has 0 unspecified atom stereocenters. The molecule has 15 heavy (non-hydrogen) atoms. The lowest BCUT2D eigenvalue weighted by Crippen LogP contribution is -2.38. The Labute approximate surface area is 90.0 Å². The fourth-order valence-corrected chi connectivity index (χ4v) is 1.15. The zero-order chi connectivity index (χ0) is 11.1. The van der Waals surface area contributed by atoms with E-state index in [1.807, 2.05) is 6.92 Å². The Balaban J connectivity index is 1.97. The minimum absolute atomic E-state index is 0.0816. The number of amides is 2. The van der Waals surface area contributed by atoms with E-state index in [1.165, 1.54) is 0 Å². The van der Waals surface area contributed by atoms with E-state index in [9.17, 15) is 9.59 Å². The summed E-state index contributed by atoms with van der Waals surface area (Å²) in [6.45, 7) is 3.60. The Bertz CT molecular complexity index is 227. The van der Waals surface area contributed by atoms with Gasteiger partial charge in [-0.2, -0.15) is 0 Å². The van der Waals surface area contributed by atoms with Gasteiger partial charge in [0.1, 0.15) is 0 Å². The predicted molar refractivity (Wildman–Crippen MR) is 57.3 cm³/mol. The van der Waals surface area contributed by atoms with E-state index < -0.39 is 0 Å². The lowest BCUT2D eigenvalue weighted by Gasteiger charge is -2.05. The van der Waals surface area contributed by atoms with Gasteiger partial charge in [0.25, 0.3) is 0 Å². The molecule has 0 aromatic heterocycles. The van der Waals surface area contributed by atoms with E-state index >= 15 is 0 Å². The molecule has 1 aliphatic rings. The van der Waals surface area contributed by atoms with Crippen molar-refractivity contribution >= 4 is 11.8 Å². The van der Waals surface area contributed by atoms with Crippen molar-refractivity contribution in [2.24, 2.45) is 0 Å². The second-order valence-electron chi connectivity index (χ2n) is 3.72. The first-order valence-electron chi connectivity index (χ1n) is 5.49. The maximum Gasteiger partial charge on any atom is 0.239 e. The van der Waals surface area contributed by atoms with Gasteiger partial charge in [-0.1, -0.05) is 6.92 Å². The average molecular weight is 213 g/mol. The van der Waals surface area contributed by atoms with Crippen molar-refractivity contribution in [3.63, 3.8) is 0 Å². The number of hydrogen-bond acceptors (Lipinski definition) is 3. The summed E-state index contributed by atoms with van der Waals surface area (Å²) >= 11 is 0. The summed E-state index contributed by atoms with van der Waals surface area (Å²) < 4.78 is 0. The second-order valence-corrected chi connectivity index (χ2v) is 3.72. The van der Waals surface area contributed by atoms with Crippen LogP contribution in [0.1, 0.15) is 26.2 Å². The highest BCUT2D eigenvalue weighted by atomic mass is 16.2. The molecular weight excluding hydrogens is 194 g/mol. The lowest BCUT2D eigenvalue weighted by atomic mass is 10.4. The van der Waals surface area contributed by atoms with Gasteiger partial charge in [-0.25, -0.2) is 0 Å². The van der Waals surface area contributed by atoms with Crippen LogP contribution in [-0.2, 0) is 9.59 Å². The minimum Gasteiger partial charge on any atom is -0.352 e. The maximum absolute atomic E-state index is 11.2. The number of nitrogens with one attached hydrogen (secondary N) is 3. The first kappa shape index (κ1) is 12.0. The van der Waals surface area contributed by atoms with Crippen LogP contribution in [0, 0.1) is 0 Å².